The van der Waals surface area contributed by atoms with Gasteiger partial charge in [-0.2, -0.15) is 0 Å². The minimum Gasteiger partial charge on any atom is -0.351 e. The summed E-state index contributed by atoms with van der Waals surface area (Å²) in [4.78, 5) is 14.0. The Balaban J connectivity index is 1.73. The standard InChI is InChI=1S/C15H23N3O/c1-12-3-5-13(6-4-12)9-17-15(19)11-18(2)14-7-8-16-10-14/h3-6,14,16H,7-11H2,1-2H3,(H,17,19). The van der Waals surface area contributed by atoms with Gasteiger partial charge in [0.1, 0.15) is 0 Å². The highest BCUT2D eigenvalue weighted by atomic mass is 16.2. The topological polar surface area (TPSA) is 44.4 Å². The first-order valence-corrected chi connectivity index (χ1v) is 6.88. The minimum absolute atomic E-state index is 0.0926. The fourth-order valence-corrected chi connectivity index (χ4v) is 2.33. The van der Waals surface area contributed by atoms with E-state index < -0.39 is 0 Å². The number of benzene rings is 1. The van der Waals surface area contributed by atoms with Crippen LogP contribution in [0.1, 0.15) is 17.5 Å². The fraction of sp³-hybridized carbons (Fsp3) is 0.533. The van der Waals surface area contributed by atoms with Gasteiger partial charge in [0.2, 0.25) is 5.91 Å². The van der Waals surface area contributed by atoms with Crippen LogP contribution in [-0.2, 0) is 11.3 Å². The van der Waals surface area contributed by atoms with Crippen LogP contribution in [0.5, 0.6) is 0 Å². The third kappa shape index (κ3) is 4.33. The Bertz CT molecular complexity index is 410. The maximum Gasteiger partial charge on any atom is 0.234 e. The third-order valence-electron chi connectivity index (χ3n) is 3.66. The van der Waals surface area contributed by atoms with Crippen molar-refractivity contribution in [2.45, 2.75) is 25.9 Å². The molecule has 0 bridgehead atoms. The normalized spacial score (nSPS) is 18.8. The number of amides is 1. The van der Waals surface area contributed by atoms with Crippen molar-refractivity contribution in [3.8, 4) is 0 Å². The van der Waals surface area contributed by atoms with Crippen molar-refractivity contribution in [2.24, 2.45) is 0 Å². The monoisotopic (exact) mass is 261 g/mol. The molecular formula is C15H23N3O. The Morgan fingerprint density at radius 1 is 1.42 bits per heavy atom. The molecule has 1 amide bonds. The molecule has 2 N–H and O–H groups in total. The van der Waals surface area contributed by atoms with Gasteiger partial charge < -0.3 is 10.6 Å². The van der Waals surface area contributed by atoms with Crippen LogP contribution in [0, 0.1) is 6.92 Å². The summed E-state index contributed by atoms with van der Waals surface area (Å²) in [6, 6.07) is 8.74. The van der Waals surface area contributed by atoms with Crippen molar-refractivity contribution < 1.29 is 4.79 Å². The Morgan fingerprint density at radius 3 is 2.79 bits per heavy atom. The molecule has 1 heterocycles. The van der Waals surface area contributed by atoms with Crippen LogP contribution in [0.3, 0.4) is 0 Å². The molecule has 0 aromatic heterocycles. The second-order valence-electron chi connectivity index (χ2n) is 5.32. The van der Waals surface area contributed by atoms with Crippen LogP contribution >= 0.6 is 0 Å². The van der Waals surface area contributed by atoms with Gasteiger partial charge in [0.05, 0.1) is 6.54 Å². The average molecular weight is 261 g/mol. The number of aryl methyl sites for hydroxylation is 1. The molecule has 1 aromatic carbocycles. The highest BCUT2D eigenvalue weighted by Gasteiger charge is 2.20. The molecule has 4 nitrogen and oxygen atoms in total. The molecule has 1 fully saturated rings. The molecule has 0 radical (unpaired) electrons. The molecule has 4 heteroatoms. The molecule has 19 heavy (non-hydrogen) atoms. The van der Waals surface area contributed by atoms with E-state index in [1.165, 1.54) is 5.56 Å². The van der Waals surface area contributed by atoms with Crippen molar-refractivity contribution in [3.63, 3.8) is 0 Å². The van der Waals surface area contributed by atoms with Crippen LogP contribution in [0.25, 0.3) is 0 Å². The maximum absolute atomic E-state index is 11.9. The molecule has 1 aliphatic rings. The average Bonchev–Trinajstić information content (AvgIpc) is 2.92. The number of nitrogens with zero attached hydrogens (tertiary/aromatic N) is 1. The number of carbonyl (C=O) groups is 1. The summed E-state index contributed by atoms with van der Waals surface area (Å²) in [6.45, 7) is 5.18. The van der Waals surface area contributed by atoms with Crippen LogP contribution in [0.4, 0.5) is 0 Å². The molecule has 0 spiro atoms. The van der Waals surface area contributed by atoms with E-state index in [1.54, 1.807) is 0 Å². The highest BCUT2D eigenvalue weighted by molar-refractivity contribution is 5.78. The van der Waals surface area contributed by atoms with E-state index in [0.717, 1.165) is 25.1 Å². The van der Waals surface area contributed by atoms with Crippen LogP contribution in [-0.4, -0.2) is 43.5 Å². The molecule has 2 rings (SSSR count). The SMILES string of the molecule is Cc1ccc(CNC(=O)CN(C)C2CCNC2)cc1. The van der Waals surface area contributed by atoms with Crippen LogP contribution in [0.15, 0.2) is 24.3 Å². The zero-order chi connectivity index (χ0) is 13.7. The van der Waals surface area contributed by atoms with Gasteiger partial charge >= 0.3 is 0 Å². The lowest BCUT2D eigenvalue weighted by Crippen LogP contribution is -2.41. The van der Waals surface area contributed by atoms with E-state index in [2.05, 4.69) is 46.7 Å². The highest BCUT2D eigenvalue weighted by Crippen LogP contribution is 2.06. The summed E-state index contributed by atoms with van der Waals surface area (Å²) in [5.74, 6) is 0.0926. The summed E-state index contributed by atoms with van der Waals surface area (Å²) in [6.07, 6.45) is 1.13. The number of likely N-dealkylation sites (N-methyl/N-ethyl adjacent to an activating group) is 1. The first-order valence-electron chi connectivity index (χ1n) is 6.88. The molecule has 0 saturated carbocycles. The van der Waals surface area contributed by atoms with E-state index in [1.807, 2.05) is 7.05 Å². The van der Waals surface area contributed by atoms with Crippen molar-refractivity contribution in [3.05, 3.63) is 35.4 Å². The van der Waals surface area contributed by atoms with Gasteiger partial charge in [0, 0.05) is 19.1 Å². The quantitative estimate of drug-likeness (QED) is 0.828. The molecule has 104 valence electrons. The first kappa shape index (κ1) is 14.0. The second kappa shape index (κ2) is 6.68. The predicted octanol–water partition coefficient (Wildman–Crippen LogP) is 0.905. The summed E-state index contributed by atoms with van der Waals surface area (Å²) in [5.41, 5.74) is 2.38. The number of nitrogens with one attached hydrogen (secondary N) is 2. The van der Waals surface area contributed by atoms with E-state index in [0.29, 0.717) is 19.1 Å². The summed E-state index contributed by atoms with van der Waals surface area (Å²) in [5, 5.41) is 6.29. The van der Waals surface area contributed by atoms with E-state index >= 15 is 0 Å². The number of carbonyl (C=O) groups excluding carboxylic acids is 1. The Hall–Kier alpha value is -1.39. The first-order chi connectivity index (χ1) is 9.15. The molecule has 0 aliphatic carbocycles. The van der Waals surface area contributed by atoms with Crippen LogP contribution < -0.4 is 10.6 Å². The lowest BCUT2D eigenvalue weighted by atomic mass is 10.1. The van der Waals surface area contributed by atoms with E-state index in [4.69, 9.17) is 0 Å². The molecule has 1 aliphatic heterocycles. The van der Waals surface area contributed by atoms with Gasteiger partial charge in [-0.3, -0.25) is 9.69 Å². The number of hydrogen-bond acceptors (Lipinski definition) is 3. The van der Waals surface area contributed by atoms with Gasteiger partial charge in [-0.15, -0.1) is 0 Å². The molecule has 1 saturated heterocycles. The van der Waals surface area contributed by atoms with Gasteiger partial charge in [-0.1, -0.05) is 29.8 Å². The van der Waals surface area contributed by atoms with Crippen molar-refractivity contribution in [1.29, 1.82) is 0 Å². The van der Waals surface area contributed by atoms with Crippen molar-refractivity contribution in [1.82, 2.24) is 15.5 Å². The molecular weight excluding hydrogens is 238 g/mol. The van der Waals surface area contributed by atoms with Crippen molar-refractivity contribution >= 4 is 5.91 Å². The van der Waals surface area contributed by atoms with Gasteiger partial charge in [0.15, 0.2) is 0 Å². The number of hydrogen-bond donors (Lipinski definition) is 2. The number of rotatable bonds is 5. The van der Waals surface area contributed by atoms with Gasteiger partial charge in [0.25, 0.3) is 0 Å². The lowest BCUT2D eigenvalue weighted by molar-refractivity contribution is -0.122. The lowest BCUT2D eigenvalue weighted by Gasteiger charge is -2.22. The van der Waals surface area contributed by atoms with Crippen LogP contribution in [0.2, 0.25) is 0 Å². The minimum atomic E-state index is 0.0926. The maximum atomic E-state index is 11.9. The Morgan fingerprint density at radius 2 is 2.16 bits per heavy atom. The van der Waals surface area contributed by atoms with Crippen molar-refractivity contribution in [2.75, 3.05) is 26.7 Å². The smallest absolute Gasteiger partial charge is 0.234 e. The molecule has 1 unspecified atom stereocenters. The summed E-state index contributed by atoms with van der Waals surface area (Å²) >= 11 is 0. The van der Waals surface area contributed by atoms with Gasteiger partial charge in [-0.05, 0) is 32.5 Å². The fourth-order valence-electron chi connectivity index (χ4n) is 2.33. The van der Waals surface area contributed by atoms with E-state index in [9.17, 15) is 4.79 Å². The second-order valence-corrected chi connectivity index (χ2v) is 5.32. The molecule has 1 aromatic rings. The molecule has 1 atom stereocenters. The summed E-state index contributed by atoms with van der Waals surface area (Å²) in [7, 11) is 2.02. The zero-order valence-corrected chi connectivity index (χ0v) is 11.8. The summed E-state index contributed by atoms with van der Waals surface area (Å²) < 4.78 is 0. The van der Waals surface area contributed by atoms with E-state index in [-0.39, 0.29) is 5.91 Å². The Labute approximate surface area is 115 Å². The zero-order valence-electron chi connectivity index (χ0n) is 11.8. The largest absolute Gasteiger partial charge is 0.351 e. The predicted molar refractivity (Wildman–Crippen MR) is 76.9 cm³/mol. The Kier molecular flexibility index (Phi) is 4.93. The van der Waals surface area contributed by atoms with Gasteiger partial charge in [-0.25, -0.2) is 0 Å². The third-order valence-corrected chi connectivity index (χ3v) is 3.66.